The van der Waals surface area contributed by atoms with E-state index in [9.17, 15) is 9.59 Å². The Morgan fingerprint density at radius 1 is 1.30 bits per heavy atom. The molecule has 0 bridgehead atoms. The van der Waals surface area contributed by atoms with Crippen LogP contribution in [-0.4, -0.2) is 28.4 Å². The average molecular weight is 274 g/mol. The lowest BCUT2D eigenvalue weighted by atomic mass is 10.2. The van der Waals surface area contributed by atoms with Gasteiger partial charge in [0, 0.05) is 18.0 Å². The molecule has 0 spiro atoms. The molecule has 2 aromatic rings. The van der Waals surface area contributed by atoms with Crippen LogP contribution >= 0.6 is 0 Å². The fourth-order valence-corrected chi connectivity index (χ4v) is 1.52. The first-order valence-electron chi connectivity index (χ1n) is 5.93. The van der Waals surface area contributed by atoms with Crippen LogP contribution in [0.5, 0.6) is 5.75 Å². The van der Waals surface area contributed by atoms with Crippen molar-refractivity contribution in [1.82, 2.24) is 15.3 Å². The second-order valence-corrected chi connectivity index (χ2v) is 4.00. The van der Waals surface area contributed by atoms with E-state index in [-0.39, 0.29) is 12.5 Å². The quantitative estimate of drug-likeness (QED) is 0.699. The summed E-state index contributed by atoms with van der Waals surface area (Å²) >= 11 is 0. The number of imidazole rings is 1. The largest absolute Gasteiger partial charge is 0.484 e. The number of aromatic amines is 1. The normalized spacial score (nSPS) is 10.0. The number of primary amides is 1. The Balaban J connectivity index is 1.88. The molecule has 0 saturated carbocycles. The van der Waals surface area contributed by atoms with Crippen molar-refractivity contribution in [3.05, 3.63) is 48.0 Å². The van der Waals surface area contributed by atoms with E-state index < -0.39 is 5.91 Å². The highest BCUT2D eigenvalue weighted by atomic mass is 16.5. The summed E-state index contributed by atoms with van der Waals surface area (Å²) in [6.07, 6.45) is 3.30. The van der Waals surface area contributed by atoms with E-state index >= 15 is 0 Å². The van der Waals surface area contributed by atoms with Gasteiger partial charge in [0.1, 0.15) is 11.6 Å². The minimum atomic E-state index is -0.551. The Hall–Kier alpha value is -2.83. The van der Waals surface area contributed by atoms with Crippen molar-refractivity contribution in [2.75, 3.05) is 6.61 Å². The summed E-state index contributed by atoms with van der Waals surface area (Å²) < 4.78 is 5.10. The smallest absolute Gasteiger partial charge is 0.255 e. The second-order valence-electron chi connectivity index (χ2n) is 4.00. The number of ether oxygens (including phenoxy) is 1. The topological polar surface area (TPSA) is 110 Å². The molecule has 2 amide bonds. The van der Waals surface area contributed by atoms with E-state index in [4.69, 9.17) is 10.5 Å². The zero-order valence-corrected chi connectivity index (χ0v) is 10.6. The summed E-state index contributed by atoms with van der Waals surface area (Å²) in [7, 11) is 0. The highest BCUT2D eigenvalue weighted by molar-refractivity contribution is 5.94. The van der Waals surface area contributed by atoms with Crippen LogP contribution in [0.4, 0.5) is 0 Å². The molecule has 0 fully saturated rings. The van der Waals surface area contributed by atoms with Gasteiger partial charge >= 0.3 is 0 Å². The van der Waals surface area contributed by atoms with Crippen LogP contribution in [0.25, 0.3) is 0 Å². The maximum Gasteiger partial charge on any atom is 0.255 e. The summed E-state index contributed by atoms with van der Waals surface area (Å²) in [5, 5.41) is 2.72. The number of nitrogens with zero attached hydrogens (tertiary/aromatic N) is 1. The molecule has 0 saturated heterocycles. The average Bonchev–Trinajstić information content (AvgIpc) is 2.96. The molecule has 20 heavy (non-hydrogen) atoms. The Labute approximate surface area is 115 Å². The van der Waals surface area contributed by atoms with Crippen LogP contribution in [0.3, 0.4) is 0 Å². The molecular weight excluding hydrogens is 260 g/mol. The molecule has 7 heteroatoms. The minimum absolute atomic E-state index is 0.190. The molecule has 1 aromatic carbocycles. The predicted molar refractivity (Wildman–Crippen MR) is 70.9 cm³/mol. The number of carbonyl (C=O) groups excluding carboxylic acids is 2. The third kappa shape index (κ3) is 3.84. The van der Waals surface area contributed by atoms with Crippen molar-refractivity contribution in [2.45, 2.75) is 6.54 Å². The van der Waals surface area contributed by atoms with Gasteiger partial charge in [-0.3, -0.25) is 9.59 Å². The van der Waals surface area contributed by atoms with Gasteiger partial charge in [0.15, 0.2) is 6.61 Å². The highest BCUT2D eigenvalue weighted by Crippen LogP contribution is 2.12. The van der Waals surface area contributed by atoms with Gasteiger partial charge in [0.05, 0.1) is 6.54 Å². The first-order valence-corrected chi connectivity index (χ1v) is 5.93. The first-order chi connectivity index (χ1) is 9.65. The fraction of sp³-hybridized carbons (Fsp3) is 0.154. The summed E-state index contributed by atoms with van der Waals surface area (Å²) in [6.45, 7) is 0.135. The summed E-state index contributed by atoms with van der Waals surface area (Å²) in [6, 6.07) is 6.41. The molecule has 0 aliphatic heterocycles. The van der Waals surface area contributed by atoms with Crippen molar-refractivity contribution in [1.29, 1.82) is 0 Å². The van der Waals surface area contributed by atoms with Crippen molar-refractivity contribution in [3.63, 3.8) is 0 Å². The van der Waals surface area contributed by atoms with Crippen LogP contribution in [0.15, 0.2) is 36.7 Å². The number of aromatic nitrogens is 2. The standard InChI is InChI=1S/C13H14N4O3/c14-11(18)8-20-10-3-1-9(2-4-10)13(19)17-7-12-15-5-6-16-12/h1-6H,7-8H2,(H2,14,18)(H,15,16)(H,17,19). The molecule has 0 atom stereocenters. The minimum Gasteiger partial charge on any atom is -0.484 e. The molecule has 4 N–H and O–H groups in total. The molecule has 0 radical (unpaired) electrons. The lowest BCUT2D eigenvalue weighted by Gasteiger charge is -2.06. The van der Waals surface area contributed by atoms with Crippen molar-refractivity contribution in [3.8, 4) is 5.75 Å². The van der Waals surface area contributed by atoms with E-state index in [1.807, 2.05) is 0 Å². The number of H-pyrrole nitrogens is 1. The van der Waals surface area contributed by atoms with Crippen LogP contribution in [0.1, 0.15) is 16.2 Å². The highest BCUT2D eigenvalue weighted by Gasteiger charge is 2.06. The maximum absolute atomic E-state index is 11.8. The SMILES string of the molecule is NC(=O)COc1ccc(C(=O)NCc2ncc[nH]2)cc1. The van der Waals surface area contributed by atoms with Crippen molar-refractivity contribution in [2.24, 2.45) is 5.73 Å². The Kier molecular flexibility index (Phi) is 4.33. The van der Waals surface area contributed by atoms with Gasteiger partial charge in [-0.2, -0.15) is 0 Å². The number of benzene rings is 1. The Morgan fingerprint density at radius 3 is 2.65 bits per heavy atom. The maximum atomic E-state index is 11.8. The molecule has 7 nitrogen and oxygen atoms in total. The monoisotopic (exact) mass is 274 g/mol. The van der Waals surface area contributed by atoms with Gasteiger partial charge in [-0.15, -0.1) is 0 Å². The lowest BCUT2D eigenvalue weighted by molar-refractivity contribution is -0.119. The number of nitrogens with two attached hydrogens (primary N) is 1. The Morgan fingerprint density at radius 2 is 2.05 bits per heavy atom. The first kappa shape index (κ1) is 13.6. The van der Waals surface area contributed by atoms with Gasteiger partial charge in [0.2, 0.25) is 0 Å². The molecule has 2 rings (SSSR count). The van der Waals surface area contributed by atoms with E-state index in [0.29, 0.717) is 23.7 Å². The van der Waals surface area contributed by atoms with Crippen molar-refractivity contribution < 1.29 is 14.3 Å². The van der Waals surface area contributed by atoms with Crippen LogP contribution in [0, 0.1) is 0 Å². The van der Waals surface area contributed by atoms with E-state index in [1.54, 1.807) is 36.7 Å². The lowest BCUT2D eigenvalue weighted by Crippen LogP contribution is -2.23. The third-order valence-corrected chi connectivity index (χ3v) is 2.47. The fourth-order valence-electron chi connectivity index (χ4n) is 1.52. The molecule has 1 aromatic heterocycles. The number of hydrogen-bond acceptors (Lipinski definition) is 4. The summed E-state index contributed by atoms with van der Waals surface area (Å²) in [4.78, 5) is 29.3. The van der Waals surface area contributed by atoms with Crippen LogP contribution < -0.4 is 15.8 Å². The van der Waals surface area contributed by atoms with E-state index in [2.05, 4.69) is 15.3 Å². The number of carbonyl (C=O) groups is 2. The molecule has 104 valence electrons. The van der Waals surface area contributed by atoms with Gasteiger partial charge in [-0.25, -0.2) is 4.98 Å². The Bertz CT molecular complexity index is 578. The molecule has 0 aliphatic rings. The molecule has 0 unspecified atom stereocenters. The second kappa shape index (κ2) is 6.37. The number of nitrogens with one attached hydrogen (secondary N) is 2. The zero-order chi connectivity index (χ0) is 14.4. The number of rotatable bonds is 6. The summed E-state index contributed by atoms with van der Waals surface area (Å²) in [5.41, 5.74) is 5.46. The van der Waals surface area contributed by atoms with Gasteiger partial charge in [-0.05, 0) is 24.3 Å². The van der Waals surface area contributed by atoms with E-state index in [0.717, 1.165) is 0 Å². The summed E-state index contributed by atoms with van der Waals surface area (Å²) in [5.74, 6) is 0.388. The number of amides is 2. The van der Waals surface area contributed by atoms with Gasteiger partial charge in [-0.1, -0.05) is 0 Å². The van der Waals surface area contributed by atoms with Gasteiger partial charge in [0.25, 0.3) is 11.8 Å². The predicted octanol–water partition coefficient (Wildman–Crippen LogP) is 0.204. The van der Waals surface area contributed by atoms with Crippen LogP contribution in [0.2, 0.25) is 0 Å². The van der Waals surface area contributed by atoms with Crippen molar-refractivity contribution >= 4 is 11.8 Å². The van der Waals surface area contributed by atoms with Crippen LogP contribution in [-0.2, 0) is 11.3 Å². The van der Waals surface area contributed by atoms with Gasteiger partial charge < -0.3 is 20.8 Å². The third-order valence-electron chi connectivity index (χ3n) is 2.47. The van der Waals surface area contributed by atoms with E-state index in [1.165, 1.54) is 0 Å². The zero-order valence-electron chi connectivity index (χ0n) is 10.6. The molecule has 0 aliphatic carbocycles. The molecular formula is C13H14N4O3. The molecule has 1 heterocycles. The number of hydrogen-bond donors (Lipinski definition) is 3.